The van der Waals surface area contributed by atoms with Gasteiger partial charge in [0.15, 0.2) is 5.69 Å². The highest BCUT2D eigenvalue weighted by Gasteiger charge is 2.27. The maximum atomic E-state index is 12.8. The number of aryl methyl sites for hydroxylation is 1. The van der Waals surface area contributed by atoms with Gasteiger partial charge >= 0.3 is 0 Å². The van der Waals surface area contributed by atoms with E-state index in [0.29, 0.717) is 36.2 Å². The molecule has 0 aliphatic carbocycles. The molecule has 1 fully saturated rings. The first kappa shape index (κ1) is 13.8. The Hall–Kier alpha value is -2.21. The van der Waals surface area contributed by atoms with Gasteiger partial charge in [0.1, 0.15) is 0 Å². The van der Waals surface area contributed by atoms with E-state index in [-0.39, 0.29) is 17.5 Å². The number of hydrogen-bond acceptors (Lipinski definition) is 4. The van der Waals surface area contributed by atoms with Crippen molar-refractivity contribution < 1.29 is 9.53 Å². The quantitative estimate of drug-likeness (QED) is 0.778. The Morgan fingerprint density at radius 2 is 2.05 bits per heavy atom. The third-order valence-corrected chi connectivity index (χ3v) is 3.79. The summed E-state index contributed by atoms with van der Waals surface area (Å²) in [5.41, 5.74) is 0.124. The fraction of sp³-hybridized carbons (Fsp3) is 0.400. The molecule has 1 aliphatic heterocycles. The van der Waals surface area contributed by atoms with E-state index in [1.165, 1.54) is 4.68 Å². The largest absolute Gasteiger partial charge is 0.377 e. The molecule has 1 atom stereocenters. The second-order valence-corrected chi connectivity index (χ2v) is 5.25. The molecule has 6 heteroatoms. The zero-order valence-corrected chi connectivity index (χ0v) is 12.1. The van der Waals surface area contributed by atoms with E-state index in [0.717, 1.165) is 0 Å². The second kappa shape index (κ2) is 5.29. The van der Waals surface area contributed by atoms with E-state index in [1.807, 2.05) is 13.0 Å². The van der Waals surface area contributed by atoms with Gasteiger partial charge in [-0.2, -0.15) is 5.10 Å². The molecule has 1 aliphatic rings. The van der Waals surface area contributed by atoms with Crippen molar-refractivity contribution in [1.82, 2.24) is 14.7 Å². The van der Waals surface area contributed by atoms with Crippen molar-refractivity contribution in [3.8, 4) is 0 Å². The molecule has 1 aromatic heterocycles. The number of aromatic nitrogens is 2. The molecule has 0 bridgehead atoms. The standard InChI is InChI=1S/C15H17N3O3/c1-10-9-21-8-7-18(10)15(20)13-11-5-3-4-6-12(11)14(19)17(2)16-13/h3-6,10H,7-9H2,1-2H3/t10-/m0/s1. The Balaban J connectivity index is 2.14. The van der Waals surface area contributed by atoms with Gasteiger partial charge in [-0.3, -0.25) is 9.59 Å². The monoisotopic (exact) mass is 287 g/mol. The Labute approximate surface area is 121 Å². The minimum absolute atomic E-state index is 0.00375. The summed E-state index contributed by atoms with van der Waals surface area (Å²) in [6.07, 6.45) is 0. The van der Waals surface area contributed by atoms with Crippen molar-refractivity contribution in [2.45, 2.75) is 13.0 Å². The molecule has 3 rings (SSSR count). The van der Waals surface area contributed by atoms with E-state index in [2.05, 4.69) is 5.10 Å². The molecule has 1 amide bonds. The fourth-order valence-corrected chi connectivity index (χ4v) is 2.62. The zero-order chi connectivity index (χ0) is 15.0. The van der Waals surface area contributed by atoms with Crippen LogP contribution in [0.3, 0.4) is 0 Å². The number of nitrogens with zero attached hydrogens (tertiary/aromatic N) is 3. The third-order valence-electron chi connectivity index (χ3n) is 3.79. The molecule has 6 nitrogen and oxygen atoms in total. The van der Waals surface area contributed by atoms with Crippen LogP contribution in [0.1, 0.15) is 17.4 Å². The predicted octanol–water partition coefficient (Wildman–Crippen LogP) is 0.794. The van der Waals surface area contributed by atoms with Gasteiger partial charge in [0.25, 0.3) is 11.5 Å². The first-order valence-corrected chi connectivity index (χ1v) is 6.94. The molecule has 0 unspecified atom stereocenters. The summed E-state index contributed by atoms with van der Waals surface area (Å²) in [5, 5.41) is 5.30. The van der Waals surface area contributed by atoms with Crippen LogP contribution in [-0.2, 0) is 11.8 Å². The third kappa shape index (κ3) is 2.31. The first-order chi connectivity index (χ1) is 10.1. The molecular weight excluding hydrogens is 270 g/mol. The highest BCUT2D eigenvalue weighted by atomic mass is 16.5. The number of carbonyl (C=O) groups excluding carboxylic acids is 1. The lowest BCUT2D eigenvalue weighted by Crippen LogP contribution is -2.47. The van der Waals surface area contributed by atoms with Crippen LogP contribution in [0.5, 0.6) is 0 Å². The van der Waals surface area contributed by atoms with Crippen molar-refractivity contribution in [3.63, 3.8) is 0 Å². The van der Waals surface area contributed by atoms with Crippen LogP contribution in [0.4, 0.5) is 0 Å². The number of amides is 1. The van der Waals surface area contributed by atoms with Gasteiger partial charge < -0.3 is 9.64 Å². The van der Waals surface area contributed by atoms with E-state index in [4.69, 9.17) is 4.74 Å². The summed E-state index contributed by atoms with van der Waals surface area (Å²) in [5.74, 6) is -0.155. The van der Waals surface area contributed by atoms with Crippen LogP contribution in [0.25, 0.3) is 10.8 Å². The number of morpholine rings is 1. The van der Waals surface area contributed by atoms with Gasteiger partial charge in [-0.15, -0.1) is 0 Å². The van der Waals surface area contributed by atoms with Gasteiger partial charge in [0.05, 0.1) is 24.6 Å². The summed E-state index contributed by atoms with van der Waals surface area (Å²) in [6, 6.07) is 7.09. The molecule has 21 heavy (non-hydrogen) atoms. The van der Waals surface area contributed by atoms with Crippen LogP contribution in [-0.4, -0.2) is 46.4 Å². The summed E-state index contributed by atoms with van der Waals surface area (Å²) in [7, 11) is 1.56. The number of fused-ring (bicyclic) bond motifs is 1. The van der Waals surface area contributed by atoms with Gasteiger partial charge in [0, 0.05) is 19.0 Å². The predicted molar refractivity (Wildman–Crippen MR) is 78.3 cm³/mol. The van der Waals surface area contributed by atoms with Crippen molar-refractivity contribution in [2.24, 2.45) is 7.05 Å². The van der Waals surface area contributed by atoms with Crippen molar-refractivity contribution in [1.29, 1.82) is 0 Å². The second-order valence-electron chi connectivity index (χ2n) is 5.25. The van der Waals surface area contributed by atoms with E-state index in [9.17, 15) is 9.59 Å². The maximum absolute atomic E-state index is 12.8. The minimum atomic E-state index is -0.197. The van der Waals surface area contributed by atoms with E-state index < -0.39 is 0 Å². The summed E-state index contributed by atoms with van der Waals surface area (Å²) in [4.78, 5) is 26.6. The topological polar surface area (TPSA) is 64.4 Å². The number of carbonyl (C=O) groups is 1. The SMILES string of the molecule is C[C@H]1COCCN1C(=O)c1nn(C)c(=O)c2ccccc12. The summed E-state index contributed by atoms with van der Waals surface area (Å²) >= 11 is 0. The molecule has 0 saturated carbocycles. The highest BCUT2D eigenvalue weighted by molar-refractivity contribution is 6.04. The summed E-state index contributed by atoms with van der Waals surface area (Å²) in [6.45, 7) is 3.54. The minimum Gasteiger partial charge on any atom is -0.377 e. The average molecular weight is 287 g/mol. The molecule has 110 valence electrons. The van der Waals surface area contributed by atoms with Crippen LogP contribution < -0.4 is 5.56 Å². The lowest BCUT2D eigenvalue weighted by atomic mass is 10.1. The number of benzene rings is 1. The van der Waals surface area contributed by atoms with Crippen molar-refractivity contribution in [3.05, 3.63) is 40.3 Å². The Morgan fingerprint density at radius 1 is 1.33 bits per heavy atom. The fourth-order valence-electron chi connectivity index (χ4n) is 2.62. The lowest BCUT2D eigenvalue weighted by molar-refractivity contribution is 0.00327. The van der Waals surface area contributed by atoms with Crippen molar-refractivity contribution >= 4 is 16.7 Å². The molecule has 0 radical (unpaired) electrons. The number of ether oxygens (including phenoxy) is 1. The normalized spacial score (nSPS) is 19.0. The van der Waals surface area contributed by atoms with Crippen LogP contribution in [0, 0.1) is 0 Å². The van der Waals surface area contributed by atoms with E-state index in [1.54, 1.807) is 30.1 Å². The molecule has 0 N–H and O–H groups in total. The number of hydrogen-bond donors (Lipinski definition) is 0. The Kier molecular flexibility index (Phi) is 3.47. The smallest absolute Gasteiger partial charge is 0.275 e. The van der Waals surface area contributed by atoms with Crippen LogP contribution in [0.2, 0.25) is 0 Å². The van der Waals surface area contributed by atoms with Gasteiger partial charge in [0.2, 0.25) is 0 Å². The molecule has 1 aromatic carbocycles. The van der Waals surface area contributed by atoms with E-state index >= 15 is 0 Å². The average Bonchev–Trinajstić information content (AvgIpc) is 2.51. The Morgan fingerprint density at radius 3 is 2.76 bits per heavy atom. The van der Waals surface area contributed by atoms with Gasteiger partial charge in [-0.1, -0.05) is 18.2 Å². The van der Waals surface area contributed by atoms with Gasteiger partial charge in [-0.05, 0) is 13.0 Å². The molecule has 1 saturated heterocycles. The lowest BCUT2D eigenvalue weighted by Gasteiger charge is -2.33. The summed E-state index contributed by atoms with van der Waals surface area (Å²) < 4.78 is 6.58. The number of rotatable bonds is 1. The molecular formula is C15H17N3O3. The first-order valence-electron chi connectivity index (χ1n) is 6.94. The Bertz CT molecular complexity index is 753. The van der Waals surface area contributed by atoms with Crippen molar-refractivity contribution in [2.75, 3.05) is 19.8 Å². The van der Waals surface area contributed by atoms with Crippen LogP contribution >= 0.6 is 0 Å². The maximum Gasteiger partial charge on any atom is 0.275 e. The van der Waals surface area contributed by atoms with Crippen LogP contribution in [0.15, 0.2) is 29.1 Å². The molecule has 0 spiro atoms. The zero-order valence-electron chi connectivity index (χ0n) is 12.1. The molecule has 2 heterocycles. The highest BCUT2D eigenvalue weighted by Crippen LogP contribution is 2.17. The molecule has 2 aromatic rings. The van der Waals surface area contributed by atoms with Gasteiger partial charge in [-0.25, -0.2) is 4.68 Å².